The number of nitriles is 1. The molecular weight excluding hydrogens is 290 g/mol. The molecule has 0 aliphatic heterocycles. The number of rotatable bonds is 6. The van der Waals surface area contributed by atoms with Crippen LogP contribution in [0.15, 0.2) is 24.3 Å². The lowest BCUT2D eigenvalue weighted by atomic mass is 10.1. The number of thioether (sulfide) groups is 1. The van der Waals surface area contributed by atoms with Crippen LogP contribution in [0.1, 0.15) is 19.4 Å². The van der Waals surface area contributed by atoms with E-state index in [0.29, 0.717) is 11.3 Å². The Kier molecular flexibility index (Phi) is 5.76. The molecule has 1 aromatic rings. The summed E-state index contributed by atoms with van der Waals surface area (Å²) in [5.74, 6) is -1.26. The second-order valence-corrected chi connectivity index (χ2v) is 6.57. The SMILES string of the molecule is CC(C)(SCC(=O)Nc1ccc(C#N)cc1)[C@@H](N)C(=O)O. The number of nitrogens with zero attached hydrogens (tertiary/aromatic N) is 1. The summed E-state index contributed by atoms with van der Waals surface area (Å²) in [6.07, 6.45) is 0. The number of nitrogens with one attached hydrogen (secondary N) is 1. The molecule has 7 heteroatoms. The average Bonchev–Trinajstić information content (AvgIpc) is 2.45. The van der Waals surface area contributed by atoms with Crippen molar-refractivity contribution in [3.8, 4) is 6.07 Å². The molecule has 0 aromatic heterocycles. The Morgan fingerprint density at radius 1 is 1.43 bits per heavy atom. The van der Waals surface area contributed by atoms with Gasteiger partial charge >= 0.3 is 5.97 Å². The van der Waals surface area contributed by atoms with Crippen molar-refractivity contribution in [1.82, 2.24) is 0 Å². The molecule has 0 aliphatic carbocycles. The molecule has 4 N–H and O–H groups in total. The fourth-order valence-corrected chi connectivity index (χ4v) is 2.32. The van der Waals surface area contributed by atoms with E-state index in [1.165, 1.54) is 11.8 Å². The number of amides is 1. The maximum Gasteiger partial charge on any atom is 0.321 e. The molecule has 1 rings (SSSR count). The molecule has 1 aromatic carbocycles. The van der Waals surface area contributed by atoms with Gasteiger partial charge in [0.25, 0.3) is 0 Å². The monoisotopic (exact) mass is 307 g/mol. The first-order valence-corrected chi connectivity index (χ1v) is 7.17. The zero-order valence-corrected chi connectivity index (χ0v) is 12.6. The first-order chi connectivity index (χ1) is 9.76. The highest BCUT2D eigenvalue weighted by Crippen LogP contribution is 2.27. The maximum atomic E-state index is 11.8. The van der Waals surface area contributed by atoms with Crippen molar-refractivity contribution in [2.75, 3.05) is 11.1 Å². The van der Waals surface area contributed by atoms with Gasteiger partial charge in [0.05, 0.1) is 17.4 Å². The zero-order valence-electron chi connectivity index (χ0n) is 11.8. The Morgan fingerprint density at radius 3 is 2.48 bits per heavy atom. The molecule has 0 saturated heterocycles. The van der Waals surface area contributed by atoms with Crippen LogP contribution in [0, 0.1) is 11.3 Å². The van der Waals surface area contributed by atoms with Gasteiger partial charge in [-0.1, -0.05) is 0 Å². The van der Waals surface area contributed by atoms with Crippen molar-refractivity contribution in [2.24, 2.45) is 5.73 Å². The van der Waals surface area contributed by atoms with Gasteiger partial charge in [0.1, 0.15) is 6.04 Å². The van der Waals surface area contributed by atoms with Crippen LogP contribution in [0.25, 0.3) is 0 Å². The maximum absolute atomic E-state index is 11.8. The molecule has 112 valence electrons. The summed E-state index contributed by atoms with van der Waals surface area (Å²) in [7, 11) is 0. The summed E-state index contributed by atoms with van der Waals surface area (Å²) in [6, 6.07) is 7.42. The van der Waals surface area contributed by atoms with Gasteiger partial charge in [-0.3, -0.25) is 9.59 Å². The van der Waals surface area contributed by atoms with Gasteiger partial charge in [0.2, 0.25) is 5.91 Å². The molecule has 0 radical (unpaired) electrons. The van der Waals surface area contributed by atoms with E-state index < -0.39 is 16.8 Å². The zero-order chi connectivity index (χ0) is 16.0. The number of anilines is 1. The number of carboxylic acid groups (broad SMARTS) is 1. The smallest absolute Gasteiger partial charge is 0.321 e. The van der Waals surface area contributed by atoms with Crippen LogP contribution in [-0.4, -0.2) is 33.5 Å². The van der Waals surface area contributed by atoms with Crippen molar-refractivity contribution in [3.63, 3.8) is 0 Å². The normalized spacial score (nSPS) is 12.3. The Hall–Kier alpha value is -2.04. The molecule has 1 amide bonds. The molecule has 0 heterocycles. The van der Waals surface area contributed by atoms with E-state index >= 15 is 0 Å². The molecular formula is C14H17N3O3S. The third kappa shape index (κ3) is 5.10. The van der Waals surface area contributed by atoms with E-state index in [0.717, 1.165) is 0 Å². The second kappa shape index (κ2) is 7.11. The molecule has 0 bridgehead atoms. The van der Waals surface area contributed by atoms with Gasteiger partial charge in [0.15, 0.2) is 0 Å². The predicted molar refractivity (Wildman–Crippen MR) is 81.9 cm³/mol. The fourth-order valence-electron chi connectivity index (χ4n) is 1.46. The molecule has 0 fully saturated rings. The summed E-state index contributed by atoms with van der Waals surface area (Å²) in [4.78, 5) is 22.7. The second-order valence-electron chi connectivity index (χ2n) is 4.95. The van der Waals surface area contributed by atoms with Crippen LogP contribution in [0.5, 0.6) is 0 Å². The third-order valence-electron chi connectivity index (χ3n) is 2.89. The van der Waals surface area contributed by atoms with Gasteiger partial charge in [-0.15, -0.1) is 11.8 Å². The Morgan fingerprint density at radius 2 is 2.00 bits per heavy atom. The van der Waals surface area contributed by atoms with Crippen LogP contribution < -0.4 is 11.1 Å². The molecule has 6 nitrogen and oxygen atoms in total. The lowest BCUT2D eigenvalue weighted by Crippen LogP contribution is -2.47. The van der Waals surface area contributed by atoms with E-state index in [4.69, 9.17) is 16.1 Å². The number of hydrogen-bond acceptors (Lipinski definition) is 5. The third-order valence-corrected chi connectivity index (χ3v) is 4.29. The van der Waals surface area contributed by atoms with E-state index in [9.17, 15) is 9.59 Å². The van der Waals surface area contributed by atoms with Gasteiger partial charge < -0.3 is 16.2 Å². The fraction of sp³-hybridized carbons (Fsp3) is 0.357. The summed E-state index contributed by atoms with van der Waals surface area (Å²) < 4.78 is -0.756. The Bertz CT molecular complexity index is 564. The van der Waals surface area contributed by atoms with E-state index in [1.54, 1.807) is 38.1 Å². The largest absolute Gasteiger partial charge is 0.480 e. The minimum Gasteiger partial charge on any atom is -0.480 e. The highest BCUT2D eigenvalue weighted by atomic mass is 32.2. The highest BCUT2D eigenvalue weighted by molar-refractivity contribution is 8.01. The lowest BCUT2D eigenvalue weighted by molar-refractivity contribution is -0.139. The van der Waals surface area contributed by atoms with E-state index in [1.807, 2.05) is 6.07 Å². The summed E-state index contributed by atoms with van der Waals surface area (Å²) in [6.45, 7) is 3.37. The van der Waals surface area contributed by atoms with Crippen LogP contribution in [0.2, 0.25) is 0 Å². The topological polar surface area (TPSA) is 116 Å². The van der Waals surface area contributed by atoms with Crippen LogP contribution in [0.4, 0.5) is 5.69 Å². The van der Waals surface area contributed by atoms with Gasteiger partial charge in [-0.25, -0.2) is 0 Å². The molecule has 1 atom stereocenters. The van der Waals surface area contributed by atoms with E-state index in [-0.39, 0.29) is 11.7 Å². The van der Waals surface area contributed by atoms with Gasteiger partial charge in [0, 0.05) is 10.4 Å². The molecule has 0 spiro atoms. The molecule has 21 heavy (non-hydrogen) atoms. The first kappa shape index (κ1) is 17.0. The Labute approximate surface area is 127 Å². The van der Waals surface area contributed by atoms with E-state index in [2.05, 4.69) is 5.32 Å². The predicted octanol–water partition coefficient (Wildman–Crippen LogP) is 1.42. The van der Waals surface area contributed by atoms with Crippen LogP contribution >= 0.6 is 11.8 Å². The van der Waals surface area contributed by atoms with Gasteiger partial charge in [-0.2, -0.15) is 5.26 Å². The van der Waals surface area contributed by atoms with Crippen molar-refractivity contribution in [1.29, 1.82) is 5.26 Å². The summed E-state index contributed by atoms with van der Waals surface area (Å²) >= 11 is 1.18. The minimum atomic E-state index is -1.10. The number of carbonyl (C=O) groups is 2. The molecule has 0 aliphatic rings. The summed E-state index contributed by atoms with van der Waals surface area (Å²) in [5, 5.41) is 20.3. The standard InChI is InChI=1S/C14H17N3O3S/c1-14(2,12(16)13(19)20)21-8-11(18)17-10-5-3-9(7-15)4-6-10/h3-6,12H,8,16H2,1-2H3,(H,17,18)(H,19,20)/t12-/m0/s1. The van der Waals surface area contributed by atoms with Crippen molar-refractivity contribution < 1.29 is 14.7 Å². The number of nitrogens with two attached hydrogens (primary N) is 1. The van der Waals surface area contributed by atoms with Crippen molar-refractivity contribution >= 4 is 29.3 Å². The molecule has 0 unspecified atom stereocenters. The average molecular weight is 307 g/mol. The number of benzene rings is 1. The quantitative estimate of drug-likeness (QED) is 0.732. The summed E-state index contributed by atoms with van der Waals surface area (Å²) in [5.41, 5.74) is 6.68. The first-order valence-electron chi connectivity index (χ1n) is 6.18. The van der Waals surface area contributed by atoms with Gasteiger partial charge in [-0.05, 0) is 38.1 Å². The Balaban J connectivity index is 2.54. The highest BCUT2D eigenvalue weighted by Gasteiger charge is 2.33. The number of aliphatic carboxylic acids is 1. The van der Waals surface area contributed by atoms with Crippen molar-refractivity contribution in [3.05, 3.63) is 29.8 Å². The van der Waals surface area contributed by atoms with Crippen LogP contribution in [0.3, 0.4) is 0 Å². The molecule has 0 saturated carbocycles. The number of carboxylic acids is 1. The lowest BCUT2D eigenvalue weighted by Gasteiger charge is -2.27. The minimum absolute atomic E-state index is 0.0913. The number of carbonyl (C=O) groups excluding carboxylic acids is 1. The van der Waals surface area contributed by atoms with Crippen molar-refractivity contribution in [2.45, 2.75) is 24.6 Å². The van der Waals surface area contributed by atoms with Crippen LogP contribution in [-0.2, 0) is 9.59 Å². The number of hydrogen-bond donors (Lipinski definition) is 3.